The van der Waals surface area contributed by atoms with Crippen LogP contribution in [0.2, 0.25) is 5.15 Å². The van der Waals surface area contributed by atoms with Crippen LogP contribution in [0.4, 0.5) is 5.82 Å². The molecule has 7 nitrogen and oxygen atoms in total. The van der Waals surface area contributed by atoms with Gasteiger partial charge in [-0.1, -0.05) is 17.7 Å². The number of aromatic nitrogens is 2. The van der Waals surface area contributed by atoms with E-state index in [0.717, 1.165) is 5.56 Å². The van der Waals surface area contributed by atoms with Gasteiger partial charge in [-0.15, -0.1) is 0 Å². The number of anilines is 1. The number of nitrogens with one attached hydrogen (secondary N) is 1. The van der Waals surface area contributed by atoms with Crippen LogP contribution in [-0.2, 0) is 16.0 Å². The van der Waals surface area contributed by atoms with E-state index in [1.54, 1.807) is 32.4 Å². The Morgan fingerprint density at radius 2 is 2.00 bits per heavy atom. The van der Waals surface area contributed by atoms with Crippen molar-refractivity contribution in [1.82, 2.24) is 9.97 Å². The first-order valence-corrected chi connectivity index (χ1v) is 7.58. The smallest absolute Gasteiger partial charge is 0.310 e. The van der Waals surface area contributed by atoms with E-state index < -0.39 is 0 Å². The molecule has 0 saturated carbocycles. The largest absolute Gasteiger partial charge is 0.493 e. The van der Waals surface area contributed by atoms with Crippen molar-refractivity contribution in [2.75, 3.05) is 32.7 Å². The molecule has 0 fully saturated rings. The van der Waals surface area contributed by atoms with Crippen LogP contribution in [0.1, 0.15) is 5.56 Å². The summed E-state index contributed by atoms with van der Waals surface area (Å²) in [5.74, 6) is 1.38. The third-order valence-electron chi connectivity index (χ3n) is 3.07. The van der Waals surface area contributed by atoms with Crippen LogP contribution in [0.5, 0.6) is 11.5 Å². The lowest BCUT2D eigenvalue weighted by atomic mass is 10.1. The number of halogens is 1. The Bertz CT molecular complexity index is 697. The fraction of sp³-hybridized carbons (Fsp3) is 0.312. The summed E-state index contributed by atoms with van der Waals surface area (Å²) >= 11 is 5.73. The highest BCUT2D eigenvalue weighted by Gasteiger charge is 2.09. The number of carbonyl (C=O) groups excluding carboxylic acids is 1. The van der Waals surface area contributed by atoms with Gasteiger partial charge in [0.1, 0.15) is 17.6 Å². The van der Waals surface area contributed by atoms with Crippen LogP contribution in [0, 0.1) is 0 Å². The van der Waals surface area contributed by atoms with E-state index in [0.29, 0.717) is 29.0 Å². The maximum absolute atomic E-state index is 11.9. The van der Waals surface area contributed by atoms with Crippen molar-refractivity contribution in [2.45, 2.75) is 6.42 Å². The molecule has 0 amide bonds. The van der Waals surface area contributed by atoms with Crippen LogP contribution < -0.4 is 14.8 Å². The summed E-state index contributed by atoms with van der Waals surface area (Å²) in [4.78, 5) is 19.8. The van der Waals surface area contributed by atoms with Gasteiger partial charge in [0.05, 0.1) is 39.6 Å². The molecule has 0 aliphatic carbocycles. The van der Waals surface area contributed by atoms with Crippen molar-refractivity contribution in [1.29, 1.82) is 0 Å². The average Bonchev–Trinajstić information content (AvgIpc) is 2.58. The fourth-order valence-electron chi connectivity index (χ4n) is 1.98. The summed E-state index contributed by atoms with van der Waals surface area (Å²) in [5, 5.41) is 3.26. The number of benzene rings is 1. The summed E-state index contributed by atoms with van der Waals surface area (Å²) in [6.07, 6.45) is 3.13. The molecule has 2 aromatic rings. The van der Waals surface area contributed by atoms with E-state index in [1.807, 2.05) is 0 Å². The number of esters is 1. The van der Waals surface area contributed by atoms with Crippen molar-refractivity contribution in [3.63, 3.8) is 0 Å². The SMILES string of the molecule is COc1ccc(CC(=O)OCCNc2cncc(Cl)n2)cc1OC. The first-order chi connectivity index (χ1) is 11.6. The van der Waals surface area contributed by atoms with E-state index in [2.05, 4.69) is 15.3 Å². The average molecular weight is 352 g/mol. The molecule has 1 heterocycles. The van der Waals surface area contributed by atoms with Gasteiger partial charge in [-0.05, 0) is 17.7 Å². The molecule has 24 heavy (non-hydrogen) atoms. The van der Waals surface area contributed by atoms with Gasteiger partial charge in [-0.2, -0.15) is 0 Å². The Balaban J connectivity index is 1.77. The van der Waals surface area contributed by atoms with Crippen molar-refractivity contribution < 1.29 is 19.0 Å². The summed E-state index contributed by atoms with van der Waals surface area (Å²) < 4.78 is 15.5. The lowest BCUT2D eigenvalue weighted by Gasteiger charge is -2.10. The Labute approximate surface area is 144 Å². The molecule has 0 atom stereocenters. The minimum atomic E-state index is -0.332. The minimum absolute atomic E-state index is 0.150. The second-order valence-corrected chi connectivity index (χ2v) is 5.13. The van der Waals surface area contributed by atoms with Crippen molar-refractivity contribution in [2.24, 2.45) is 0 Å². The highest BCUT2D eigenvalue weighted by Crippen LogP contribution is 2.27. The molecule has 1 N–H and O–H groups in total. The van der Waals surface area contributed by atoms with E-state index in [1.165, 1.54) is 12.4 Å². The molecule has 0 unspecified atom stereocenters. The quantitative estimate of drug-likeness (QED) is 0.577. The zero-order chi connectivity index (χ0) is 17.4. The topological polar surface area (TPSA) is 82.6 Å². The maximum atomic E-state index is 11.9. The van der Waals surface area contributed by atoms with Gasteiger partial charge in [-0.3, -0.25) is 9.78 Å². The molecule has 2 rings (SSSR count). The Kier molecular flexibility index (Phi) is 6.62. The highest BCUT2D eigenvalue weighted by atomic mass is 35.5. The number of carbonyl (C=O) groups is 1. The molecule has 1 aromatic carbocycles. The normalized spacial score (nSPS) is 10.1. The first-order valence-electron chi connectivity index (χ1n) is 7.20. The molecule has 0 bridgehead atoms. The standard InChI is InChI=1S/C16H18ClN3O4/c1-22-12-4-3-11(7-13(12)23-2)8-16(21)24-6-5-19-15-10-18-9-14(17)20-15/h3-4,7,9-10H,5-6,8H2,1-2H3,(H,19,20). The predicted octanol–water partition coefficient (Wildman–Crippen LogP) is 2.34. The van der Waals surface area contributed by atoms with Crippen molar-refractivity contribution in [3.8, 4) is 11.5 Å². The Morgan fingerprint density at radius 3 is 2.71 bits per heavy atom. The van der Waals surface area contributed by atoms with Crippen LogP contribution >= 0.6 is 11.6 Å². The number of hydrogen-bond acceptors (Lipinski definition) is 7. The minimum Gasteiger partial charge on any atom is -0.493 e. The van der Waals surface area contributed by atoms with Crippen LogP contribution in [0.25, 0.3) is 0 Å². The lowest BCUT2D eigenvalue weighted by molar-refractivity contribution is -0.142. The molecule has 0 aliphatic rings. The third-order valence-corrected chi connectivity index (χ3v) is 3.25. The molecular weight excluding hydrogens is 334 g/mol. The van der Waals surface area contributed by atoms with Gasteiger partial charge >= 0.3 is 5.97 Å². The van der Waals surface area contributed by atoms with Gasteiger partial charge < -0.3 is 19.5 Å². The zero-order valence-electron chi connectivity index (χ0n) is 13.4. The van der Waals surface area contributed by atoms with Gasteiger partial charge in [-0.25, -0.2) is 4.98 Å². The molecule has 0 radical (unpaired) electrons. The molecule has 0 aliphatic heterocycles. The number of nitrogens with zero attached hydrogens (tertiary/aromatic N) is 2. The lowest BCUT2D eigenvalue weighted by Crippen LogP contribution is -2.16. The first kappa shape index (κ1) is 17.8. The van der Waals surface area contributed by atoms with Crippen LogP contribution in [-0.4, -0.2) is 43.3 Å². The number of ether oxygens (including phenoxy) is 3. The van der Waals surface area contributed by atoms with Gasteiger partial charge in [0, 0.05) is 0 Å². The van der Waals surface area contributed by atoms with Crippen molar-refractivity contribution in [3.05, 3.63) is 41.3 Å². The zero-order valence-corrected chi connectivity index (χ0v) is 14.2. The van der Waals surface area contributed by atoms with E-state index in [-0.39, 0.29) is 19.0 Å². The van der Waals surface area contributed by atoms with Gasteiger partial charge in [0.2, 0.25) is 0 Å². The predicted molar refractivity (Wildman–Crippen MR) is 89.7 cm³/mol. The van der Waals surface area contributed by atoms with Crippen LogP contribution in [0.15, 0.2) is 30.6 Å². The third kappa shape index (κ3) is 5.27. The van der Waals surface area contributed by atoms with Crippen LogP contribution in [0.3, 0.4) is 0 Å². The molecule has 0 saturated heterocycles. The number of methoxy groups -OCH3 is 2. The number of rotatable bonds is 8. The molecule has 8 heteroatoms. The van der Waals surface area contributed by atoms with Crippen molar-refractivity contribution >= 4 is 23.4 Å². The monoisotopic (exact) mass is 351 g/mol. The second kappa shape index (κ2) is 8.93. The van der Waals surface area contributed by atoms with E-state index in [9.17, 15) is 4.79 Å². The van der Waals surface area contributed by atoms with Gasteiger partial charge in [0.15, 0.2) is 11.5 Å². The molecule has 128 valence electrons. The summed E-state index contributed by atoms with van der Waals surface area (Å²) in [5.41, 5.74) is 0.784. The maximum Gasteiger partial charge on any atom is 0.310 e. The molecular formula is C16H18ClN3O4. The molecule has 1 aromatic heterocycles. The Morgan fingerprint density at radius 1 is 1.21 bits per heavy atom. The number of hydrogen-bond donors (Lipinski definition) is 1. The highest BCUT2D eigenvalue weighted by molar-refractivity contribution is 6.29. The Hall–Kier alpha value is -2.54. The summed E-state index contributed by atoms with van der Waals surface area (Å²) in [6, 6.07) is 5.29. The van der Waals surface area contributed by atoms with E-state index >= 15 is 0 Å². The van der Waals surface area contributed by atoms with E-state index in [4.69, 9.17) is 25.8 Å². The summed E-state index contributed by atoms with van der Waals surface area (Å²) in [7, 11) is 3.10. The fourth-order valence-corrected chi connectivity index (χ4v) is 2.13. The molecule has 0 spiro atoms. The summed E-state index contributed by atoms with van der Waals surface area (Å²) in [6.45, 7) is 0.618. The second-order valence-electron chi connectivity index (χ2n) is 4.74. The van der Waals surface area contributed by atoms with Gasteiger partial charge in [0.25, 0.3) is 0 Å².